The van der Waals surface area contributed by atoms with Crippen LogP contribution in [0.4, 0.5) is 5.69 Å². The highest BCUT2D eigenvalue weighted by molar-refractivity contribution is 7.18. The molecule has 3 rings (SSSR count). The van der Waals surface area contributed by atoms with Crippen molar-refractivity contribution in [3.05, 3.63) is 40.7 Å². The monoisotopic (exact) mass is 328 g/mol. The molecule has 0 saturated heterocycles. The molecule has 0 fully saturated rings. The summed E-state index contributed by atoms with van der Waals surface area (Å²) in [4.78, 5) is 17.0. The predicted molar refractivity (Wildman–Crippen MR) is 94.2 cm³/mol. The van der Waals surface area contributed by atoms with Crippen LogP contribution in [0.25, 0.3) is 10.2 Å². The fourth-order valence-electron chi connectivity index (χ4n) is 2.37. The van der Waals surface area contributed by atoms with E-state index in [2.05, 4.69) is 29.2 Å². The molecule has 5 nitrogen and oxygen atoms in total. The van der Waals surface area contributed by atoms with Gasteiger partial charge in [-0.05, 0) is 30.7 Å². The lowest BCUT2D eigenvalue weighted by molar-refractivity contribution is 0.101. The van der Waals surface area contributed by atoms with Crippen LogP contribution in [0.1, 0.15) is 47.9 Å². The van der Waals surface area contributed by atoms with Crippen molar-refractivity contribution in [3.63, 3.8) is 0 Å². The van der Waals surface area contributed by atoms with Gasteiger partial charge in [-0.2, -0.15) is 5.10 Å². The predicted octanol–water partition coefficient (Wildman–Crippen LogP) is 3.97. The summed E-state index contributed by atoms with van der Waals surface area (Å²) >= 11 is 1.67. The van der Waals surface area contributed by atoms with Crippen molar-refractivity contribution >= 4 is 33.1 Å². The smallest absolute Gasteiger partial charge is 0.273 e. The van der Waals surface area contributed by atoms with Gasteiger partial charge < -0.3 is 5.32 Å². The number of anilines is 1. The largest absolute Gasteiger partial charge is 0.321 e. The molecule has 23 heavy (non-hydrogen) atoms. The Hall–Kier alpha value is -2.21. The van der Waals surface area contributed by atoms with Crippen molar-refractivity contribution in [1.29, 1.82) is 0 Å². The van der Waals surface area contributed by atoms with Crippen LogP contribution in [0, 0.1) is 0 Å². The van der Waals surface area contributed by atoms with Gasteiger partial charge >= 0.3 is 0 Å². The van der Waals surface area contributed by atoms with E-state index in [4.69, 9.17) is 0 Å². The molecule has 0 unspecified atom stereocenters. The number of nitrogens with one attached hydrogen (secondary N) is 1. The van der Waals surface area contributed by atoms with Crippen molar-refractivity contribution in [3.8, 4) is 0 Å². The number of hydrogen-bond donors (Lipinski definition) is 1. The summed E-state index contributed by atoms with van der Waals surface area (Å²) in [7, 11) is 1.79. The highest BCUT2D eigenvalue weighted by atomic mass is 32.1. The number of thiazole rings is 1. The molecule has 120 valence electrons. The van der Waals surface area contributed by atoms with E-state index < -0.39 is 0 Å². The van der Waals surface area contributed by atoms with Crippen LogP contribution < -0.4 is 5.32 Å². The molecule has 3 aromatic rings. The highest BCUT2D eigenvalue weighted by Crippen LogP contribution is 2.29. The van der Waals surface area contributed by atoms with Gasteiger partial charge in [-0.3, -0.25) is 9.48 Å². The Morgan fingerprint density at radius 3 is 2.78 bits per heavy atom. The number of benzene rings is 1. The number of rotatable bonds is 4. The van der Waals surface area contributed by atoms with Crippen LogP contribution in [-0.4, -0.2) is 20.7 Å². The second-order valence-electron chi connectivity index (χ2n) is 5.84. The van der Waals surface area contributed by atoms with Crippen molar-refractivity contribution in [2.45, 2.75) is 33.1 Å². The molecule has 1 N–H and O–H groups in total. The maximum absolute atomic E-state index is 12.4. The average molecular weight is 328 g/mol. The first kappa shape index (κ1) is 15.7. The Morgan fingerprint density at radius 1 is 1.35 bits per heavy atom. The topological polar surface area (TPSA) is 59.8 Å². The number of fused-ring (bicyclic) bond motifs is 1. The van der Waals surface area contributed by atoms with Gasteiger partial charge in [-0.25, -0.2) is 4.98 Å². The summed E-state index contributed by atoms with van der Waals surface area (Å²) in [6.07, 6.45) is 0.811. The van der Waals surface area contributed by atoms with Crippen molar-refractivity contribution in [2.75, 3.05) is 5.32 Å². The first-order chi connectivity index (χ1) is 11.0. The van der Waals surface area contributed by atoms with Crippen LogP contribution >= 0.6 is 11.3 Å². The Bertz CT molecular complexity index is 863. The second kappa shape index (κ2) is 6.12. The molecular weight excluding hydrogens is 308 g/mol. The molecule has 0 radical (unpaired) electrons. The number of hydrogen-bond acceptors (Lipinski definition) is 4. The van der Waals surface area contributed by atoms with Crippen LogP contribution in [0.3, 0.4) is 0 Å². The van der Waals surface area contributed by atoms with Gasteiger partial charge in [0, 0.05) is 18.7 Å². The van der Waals surface area contributed by atoms with E-state index in [1.165, 1.54) is 0 Å². The number of aryl methyl sites for hydroxylation is 2. The minimum atomic E-state index is -0.146. The van der Waals surface area contributed by atoms with Crippen molar-refractivity contribution < 1.29 is 4.79 Å². The number of nitrogens with zero attached hydrogens (tertiary/aromatic N) is 3. The van der Waals surface area contributed by atoms with Crippen LogP contribution in [0.5, 0.6) is 0 Å². The number of carbonyl (C=O) groups is 1. The summed E-state index contributed by atoms with van der Waals surface area (Å²) in [5, 5.41) is 8.37. The molecule has 0 aliphatic carbocycles. The maximum Gasteiger partial charge on any atom is 0.273 e. The third-order valence-electron chi connectivity index (χ3n) is 3.68. The van der Waals surface area contributed by atoms with E-state index in [1.54, 1.807) is 23.1 Å². The molecule has 0 aliphatic heterocycles. The van der Waals surface area contributed by atoms with Gasteiger partial charge in [0.15, 0.2) is 0 Å². The van der Waals surface area contributed by atoms with Gasteiger partial charge in [0.2, 0.25) is 0 Å². The lowest BCUT2D eigenvalue weighted by Gasteiger charge is -2.05. The first-order valence-electron chi connectivity index (χ1n) is 7.72. The Balaban J connectivity index is 1.85. The minimum absolute atomic E-state index is 0.146. The SMILES string of the molecule is CCc1cc(C(=O)Nc2ccc3nc(C(C)C)sc3c2)n(C)n1. The third-order valence-corrected chi connectivity index (χ3v) is 5.00. The highest BCUT2D eigenvalue weighted by Gasteiger charge is 2.14. The van der Waals surface area contributed by atoms with E-state index in [-0.39, 0.29) is 5.91 Å². The number of carbonyl (C=O) groups excluding carboxylic acids is 1. The molecular formula is C17H20N4OS. The van der Waals surface area contributed by atoms with Crippen LogP contribution in [-0.2, 0) is 13.5 Å². The number of aromatic nitrogens is 3. The quantitative estimate of drug-likeness (QED) is 0.788. The van der Waals surface area contributed by atoms with Gasteiger partial charge in [-0.15, -0.1) is 11.3 Å². The molecule has 0 aliphatic rings. The fraction of sp³-hybridized carbons (Fsp3) is 0.353. The summed E-state index contributed by atoms with van der Waals surface area (Å²) in [6, 6.07) is 7.65. The molecule has 2 heterocycles. The van der Waals surface area contributed by atoms with E-state index in [0.717, 1.165) is 33.0 Å². The molecule has 0 atom stereocenters. The molecule has 1 amide bonds. The van der Waals surface area contributed by atoms with Crippen molar-refractivity contribution in [2.24, 2.45) is 7.05 Å². The Labute approximate surface area is 139 Å². The van der Waals surface area contributed by atoms with Gasteiger partial charge in [-0.1, -0.05) is 20.8 Å². The second-order valence-corrected chi connectivity index (χ2v) is 6.90. The van der Waals surface area contributed by atoms with E-state index in [9.17, 15) is 4.79 Å². The lowest BCUT2D eigenvalue weighted by Crippen LogP contribution is -2.15. The summed E-state index contributed by atoms with van der Waals surface area (Å²) < 4.78 is 2.71. The summed E-state index contributed by atoms with van der Waals surface area (Å²) in [5.41, 5.74) is 3.23. The third kappa shape index (κ3) is 3.12. The average Bonchev–Trinajstić information content (AvgIpc) is 3.10. The van der Waals surface area contributed by atoms with E-state index in [1.807, 2.05) is 31.2 Å². The maximum atomic E-state index is 12.4. The Kier molecular flexibility index (Phi) is 4.17. The zero-order valence-electron chi connectivity index (χ0n) is 13.8. The Morgan fingerprint density at radius 2 is 2.13 bits per heavy atom. The standard InChI is InChI=1S/C17H20N4OS/c1-5-11-8-14(21(4)20-11)16(22)18-12-6-7-13-15(9-12)23-17(19-13)10(2)3/h6-10H,5H2,1-4H3,(H,18,22). The molecule has 0 saturated carbocycles. The lowest BCUT2D eigenvalue weighted by atomic mass is 10.2. The summed E-state index contributed by atoms with van der Waals surface area (Å²) in [6.45, 7) is 6.29. The molecule has 0 bridgehead atoms. The molecule has 0 spiro atoms. The first-order valence-corrected chi connectivity index (χ1v) is 8.54. The normalized spacial score (nSPS) is 11.3. The zero-order valence-corrected chi connectivity index (χ0v) is 14.6. The van der Waals surface area contributed by atoms with E-state index in [0.29, 0.717) is 11.6 Å². The fourth-order valence-corrected chi connectivity index (χ4v) is 3.38. The van der Waals surface area contributed by atoms with Gasteiger partial charge in [0.05, 0.1) is 20.9 Å². The summed E-state index contributed by atoms with van der Waals surface area (Å²) in [5.74, 6) is 0.264. The van der Waals surface area contributed by atoms with E-state index >= 15 is 0 Å². The number of amides is 1. The van der Waals surface area contributed by atoms with Crippen LogP contribution in [0.2, 0.25) is 0 Å². The van der Waals surface area contributed by atoms with Gasteiger partial charge in [0.1, 0.15) is 5.69 Å². The molecule has 2 aromatic heterocycles. The van der Waals surface area contributed by atoms with Crippen LogP contribution in [0.15, 0.2) is 24.3 Å². The van der Waals surface area contributed by atoms with Gasteiger partial charge in [0.25, 0.3) is 5.91 Å². The molecule has 6 heteroatoms. The van der Waals surface area contributed by atoms with Crippen molar-refractivity contribution in [1.82, 2.24) is 14.8 Å². The minimum Gasteiger partial charge on any atom is -0.321 e. The molecule has 1 aromatic carbocycles. The zero-order chi connectivity index (χ0) is 16.6.